The molecule has 1 amide bonds. The van der Waals surface area contributed by atoms with E-state index in [1.165, 1.54) is 0 Å². The number of halogens is 1. The Morgan fingerprint density at radius 3 is 2.52 bits per heavy atom. The van der Waals surface area contributed by atoms with E-state index < -0.39 is 7.12 Å². The Labute approximate surface area is 166 Å². The van der Waals surface area contributed by atoms with E-state index in [1.807, 2.05) is 27.7 Å². The molecular formula is C18H28BClN4O3. The van der Waals surface area contributed by atoms with Crippen LogP contribution in [0.25, 0.3) is 0 Å². The predicted molar refractivity (Wildman–Crippen MR) is 106 cm³/mol. The van der Waals surface area contributed by atoms with E-state index in [9.17, 15) is 4.79 Å². The SMILES string of the molecule is CC1(C)OB(c2cnc(N3CCC[C@H](CNC(=O)CCl)C3)nc2)OC1(C)C. The van der Waals surface area contributed by atoms with Crippen LogP contribution in [0.5, 0.6) is 0 Å². The van der Waals surface area contributed by atoms with Crippen LogP contribution in [-0.4, -0.2) is 59.7 Å². The summed E-state index contributed by atoms with van der Waals surface area (Å²) in [5, 5.41) is 2.86. The standard InChI is InChI=1S/C18H28BClN4O3/c1-17(2)18(3,4)27-19(26-17)14-10-22-16(23-11-14)24-7-5-6-13(12-24)9-21-15(25)8-20/h10-11,13H,5-9,12H2,1-4H3,(H,21,25)/t13-/m1/s1. The van der Waals surface area contributed by atoms with Crippen molar-refractivity contribution < 1.29 is 14.1 Å². The highest BCUT2D eigenvalue weighted by Crippen LogP contribution is 2.36. The van der Waals surface area contributed by atoms with Crippen LogP contribution < -0.4 is 15.7 Å². The molecule has 1 N–H and O–H groups in total. The normalized spacial score (nSPS) is 24.1. The Morgan fingerprint density at radius 1 is 1.30 bits per heavy atom. The molecule has 0 radical (unpaired) electrons. The van der Waals surface area contributed by atoms with Crippen molar-refractivity contribution in [2.24, 2.45) is 5.92 Å². The summed E-state index contributed by atoms with van der Waals surface area (Å²) in [6, 6.07) is 0. The molecule has 9 heteroatoms. The molecule has 0 aliphatic carbocycles. The third-order valence-electron chi connectivity index (χ3n) is 5.69. The van der Waals surface area contributed by atoms with Crippen LogP contribution in [0.1, 0.15) is 40.5 Å². The largest absolute Gasteiger partial charge is 0.498 e. The van der Waals surface area contributed by atoms with Crippen LogP contribution >= 0.6 is 11.6 Å². The lowest BCUT2D eigenvalue weighted by molar-refractivity contribution is -0.118. The molecule has 2 fully saturated rings. The van der Waals surface area contributed by atoms with Gasteiger partial charge in [0.1, 0.15) is 5.88 Å². The number of alkyl halides is 1. The fourth-order valence-corrected chi connectivity index (χ4v) is 3.41. The van der Waals surface area contributed by atoms with Crippen molar-refractivity contribution in [2.75, 3.05) is 30.4 Å². The summed E-state index contributed by atoms with van der Waals surface area (Å²) in [4.78, 5) is 22.6. The molecule has 0 spiro atoms. The minimum atomic E-state index is -0.455. The Bertz CT molecular complexity index is 655. The van der Waals surface area contributed by atoms with Crippen LogP contribution in [0.2, 0.25) is 0 Å². The van der Waals surface area contributed by atoms with Gasteiger partial charge in [-0.05, 0) is 46.5 Å². The average molecular weight is 395 g/mol. The zero-order valence-electron chi connectivity index (χ0n) is 16.5. The predicted octanol–water partition coefficient (Wildman–Crippen LogP) is 1.35. The number of piperidine rings is 1. The van der Waals surface area contributed by atoms with Gasteiger partial charge in [-0.1, -0.05) is 0 Å². The molecular weight excluding hydrogens is 366 g/mol. The fourth-order valence-electron chi connectivity index (χ4n) is 3.31. The number of nitrogens with one attached hydrogen (secondary N) is 1. The average Bonchev–Trinajstić information content (AvgIpc) is 2.87. The third kappa shape index (κ3) is 4.55. The van der Waals surface area contributed by atoms with E-state index in [4.69, 9.17) is 20.9 Å². The molecule has 3 heterocycles. The molecule has 0 unspecified atom stereocenters. The van der Waals surface area contributed by atoms with Gasteiger partial charge in [-0.3, -0.25) is 4.79 Å². The van der Waals surface area contributed by atoms with Gasteiger partial charge in [0.2, 0.25) is 11.9 Å². The van der Waals surface area contributed by atoms with Crippen molar-refractivity contribution in [1.29, 1.82) is 0 Å². The molecule has 1 aromatic rings. The van der Waals surface area contributed by atoms with Crippen LogP contribution in [-0.2, 0) is 14.1 Å². The highest BCUT2D eigenvalue weighted by atomic mass is 35.5. The molecule has 7 nitrogen and oxygen atoms in total. The van der Waals surface area contributed by atoms with Crippen LogP contribution in [0.15, 0.2) is 12.4 Å². The quantitative estimate of drug-likeness (QED) is 0.600. The van der Waals surface area contributed by atoms with Crippen molar-refractivity contribution in [1.82, 2.24) is 15.3 Å². The van der Waals surface area contributed by atoms with E-state index in [1.54, 1.807) is 12.4 Å². The topological polar surface area (TPSA) is 76.6 Å². The fraction of sp³-hybridized carbons (Fsp3) is 0.722. The first-order valence-corrected chi connectivity index (χ1v) is 10.0. The first-order chi connectivity index (χ1) is 12.7. The molecule has 2 aliphatic heterocycles. The molecule has 148 valence electrons. The van der Waals surface area contributed by atoms with Crippen molar-refractivity contribution in [3.05, 3.63) is 12.4 Å². The van der Waals surface area contributed by atoms with Crippen molar-refractivity contribution >= 4 is 36.0 Å². The van der Waals surface area contributed by atoms with Crippen LogP contribution in [0.4, 0.5) is 5.95 Å². The lowest BCUT2D eigenvalue weighted by atomic mass is 9.81. The summed E-state index contributed by atoms with van der Waals surface area (Å²) in [5.41, 5.74) is 0.0497. The number of aromatic nitrogens is 2. The number of hydrogen-bond acceptors (Lipinski definition) is 6. The Kier molecular flexibility index (Phi) is 5.98. The number of rotatable bonds is 5. The second kappa shape index (κ2) is 7.93. The molecule has 2 aliphatic rings. The third-order valence-corrected chi connectivity index (χ3v) is 5.94. The van der Waals surface area contributed by atoms with Gasteiger partial charge in [-0.2, -0.15) is 0 Å². The molecule has 1 aromatic heterocycles. The van der Waals surface area contributed by atoms with Gasteiger partial charge in [-0.15, -0.1) is 11.6 Å². The second-order valence-electron chi connectivity index (χ2n) is 8.30. The van der Waals surface area contributed by atoms with E-state index in [0.717, 1.165) is 31.4 Å². The Balaban J connectivity index is 1.61. The molecule has 2 saturated heterocycles. The minimum Gasteiger partial charge on any atom is -0.399 e. The second-order valence-corrected chi connectivity index (χ2v) is 8.56. The maximum absolute atomic E-state index is 11.4. The first-order valence-electron chi connectivity index (χ1n) is 9.47. The first kappa shape index (κ1) is 20.4. The number of carbonyl (C=O) groups is 1. The van der Waals surface area contributed by atoms with Crippen molar-refractivity contribution in [3.8, 4) is 0 Å². The van der Waals surface area contributed by atoms with Gasteiger partial charge >= 0.3 is 7.12 Å². The summed E-state index contributed by atoms with van der Waals surface area (Å²) in [5.74, 6) is 0.942. The Morgan fingerprint density at radius 2 is 1.93 bits per heavy atom. The lowest BCUT2D eigenvalue weighted by Gasteiger charge is -2.32. The molecule has 1 atom stereocenters. The van der Waals surface area contributed by atoms with E-state index in [0.29, 0.717) is 18.4 Å². The maximum Gasteiger partial charge on any atom is 0.498 e. The van der Waals surface area contributed by atoms with Gasteiger partial charge in [0, 0.05) is 37.5 Å². The van der Waals surface area contributed by atoms with E-state index >= 15 is 0 Å². The zero-order chi connectivity index (χ0) is 19.7. The monoisotopic (exact) mass is 394 g/mol. The maximum atomic E-state index is 11.4. The number of amides is 1. The summed E-state index contributed by atoms with van der Waals surface area (Å²) >= 11 is 5.54. The molecule has 0 saturated carbocycles. The zero-order valence-corrected chi connectivity index (χ0v) is 17.3. The number of nitrogens with zero attached hydrogens (tertiary/aromatic N) is 3. The number of carbonyl (C=O) groups excluding carboxylic acids is 1. The molecule has 0 aromatic carbocycles. The van der Waals surface area contributed by atoms with Crippen LogP contribution in [0.3, 0.4) is 0 Å². The number of hydrogen-bond donors (Lipinski definition) is 1. The molecule has 27 heavy (non-hydrogen) atoms. The van der Waals surface area contributed by atoms with Gasteiger partial charge in [0.15, 0.2) is 0 Å². The number of anilines is 1. The minimum absolute atomic E-state index is 0.0000718. The van der Waals surface area contributed by atoms with Gasteiger partial charge < -0.3 is 19.5 Å². The summed E-state index contributed by atoms with van der Waals surface area (Å²) in [6.07, 6.45) is 5.68. The van der Waals surface area contributed by atoms with Gasteiger partial charge in [-0.25, -0.2) is 9.97 Å². The smallest absolute Gasteiger partial charge is 0.399 e. The van der Waals surface area contributed by atoms with Crippen molar-refractivity contribution in [2.45, 2.75) is 51.7 Å². The molecule has 0 bridgehead atoms. The summed E-state index contributed by atoms with van der Waals surface area (Å²) in [7, 11) is -0.455. The highest BCUT2D eigenvalue weighted by Gasteiger charge is 2.52. The highest BCUT2D eigenvalue weighted by molar-refractivity contribution is 6.61. The van der Waals surface area contributed by atoms with Gasteiger partial charge in [0.05, 0.1) is 11.2 Å². The van der Waals surface area contributed by atoms with Gasteiger partial charge in [0.25, 0.3) is 0 Å². The van der Waals surface area contributed by atoms with E-state index in [2.05, 4.69) is 20.2 Å². The van der Waals surface area contributed by atoms with Crippen LogP contribution in [0, 0.1) is 5.92 Å². The van der Waals surface area contributed by atoms with Crippen molar-refractivity contribution in [3.63, 3.8) is 0 Å². The lowest BCUT2D eigenvalue weighted by Crippen LogP contribution is -2.42. The Hall–Kier alpha value is -1.38. The van der Waals surface area contributed by atoms with E-state index in [-0.39, 0.29) is 23.0 Å². The summed E-state index contributed by atoms with van der Waals surface area (Å²) < 4.78 is 12.1. The summed E-state index contributed by atoms with van der Waals surface area (Å²) in [6.45, 7) is 10.5. The molecule has 3 rings (SSSR count).